The van der Waals surface area contributed by atoms with Gasteiger partial charge in [0.1, 0.15) is 0 Å². The van der Waals surface area contributed by atoms with E-state index in [2.05, 4.69) is 45.0 Å². The number of nitrogens with zero attached hydrogens (tertiary/aromatic N) is 1. The predicted octanol–water partition coefficient (Wildman–Crippen LogP) is 2.10. The lowest BCUT2D eigenvalue weighted by atomic mass is 9.78. The number of likely N-dealkylation sites (tertiary alicyclic amines) is 1. The van der Waals surface area contributed by atoms with Gasteiger partial charge in [0.05, 0.1) is 0 Å². The largest absolute Gasteiger partial charge is 0.315 e. The van der Waals surface area contributed by atoms with Crippen LogP contribution in [0, 0.1) is 5.41 Å². The number of piperidine rings is 1. The summed E-state index contributed by atoms with van der Waals surface area (Å²) in [6.07, 6.45) is 2.57. The number of nitrogens with one attached hydrogen (secondary N) is 1. The van der Waals surface area contributed by atoms with Crippen molar-refractivity contribution < 1.29 is 0 Å². The smallest absolute Gasteiger partial charge is 0.0243 e. The molecule has 2 unspecified atom stereocenters. The number of likely N-dealkylation sites (N-methyl/N-ethyl adjacent to an activating group) is 1. The molecule has 2 nitrogen and oxygen atoms in total. The number of hydrogen-bond donors (Lipinski definition) is 1. The summed E-state index contributed by atoms with van der Waals surface area (Å²) in [5.74, 6) is 0. The van der Waals surface area contributed by atoms with Crippen LogP contribution in [0.1, 0.15) is 40.5 Å². The topological polar surface area (TPSA) is 15.3 Å². The minimum absolute atomic E-state index is 0.457. The molecule has 0 radical (unpaired) electrons. The van der Waals surface area contributed by atoms with Gasteiger partial charge >= 0.3 is 0 Å². The SMILES string of the molecule is CCC(C)N1CCC(C)(C)C(NC)C1. The fraction of sp³-hybridized carbons (Fsp3) is 1.00. The van der Waals surface area contributed by atoms with Crippen molar-refractivity contribution in [2.75, 3.05) is 20.1 Å². The van der Waals surface area contributed by atoms with E-state index in [9.17, 15) is 0 Å². The molecule has 1 aliphatic rings. The summed E-state index contributed by atoms with van der Waals surface area (Å²) in [7, 11) is 2.09. The molecule has 1 fully saturated rings. The molecule has 1 N–H and O–H groups in total. The first-order valence-corrected chi connectivity index (χ1v) is 5.92. The molecule has 0 aromatic rings. The third-order valence-electron chi connectivity index (χ3n) is 3.97. The highest BCUT2D eigenvalue weighted by Crippen LogP contribution is 2.31. The molecule has 0 aromatic carbocycles. The summed E-state index contributed by atoms with van der Waals surface area (Å²) >= 11 is 0. The van der Waals surface area contributed by atoms with Crippen molar-refractivity contribution in [2.45, 2.75) is 52.6 Å². The zero-order valence-electron chi connectivity index (χ0n) is 10.4. The van der Waals surface area contributed by atoms with Crippen LogP contribution >= 0.6 is 0 Å². The fourth-order valence-corrected chi connectivity index (χ4v) is 2.32. The van der Waals surface area contributed by atoms with Crippen LogP contribution in [0.2, 0.25) is 0 Å². The molecule has 1 heterocycles. The Morgan fingerprint density at radius 1 is 1.50 bits per heavy atom. The van der Waals surface area contributed by atoms with Crippen LogP contribution in [0.4, 0.5) is 0 Å². The van der Waals surface area contributed by atoms with Crippen LogP contribution in [0.25, 0.3) is 0 Å². The minimum Gasteiger partial charge on any atom is -0.315 e. The second-order valence-electron chi connectivity index (χ2n) is 5.33. The Hall–Kier alpha value is -0.0800. The van der Waals surface area contributed by atoms with E-state index in [0.717, 1.165) is 6.04 Å². The zero-order chi connectivity index (χ0) is 10.8. The molecule has 2 atom stereocenters. The normalized spacial score (nSPS) is 30.2. The highest BCUT2D eigenvalue weighted by molar-refractivity contribution is 4.92. The summed E-state index contributed by atoms with van der Waals surface area (Å²) < 4.78 is 0. The van der Waals surface area contributed by atoms with Gasteiger partial charge in [0.2, 0.25) is 0 Å². The first kappa shape index (κ1) is 12.0. The molecular weight excluding hydrogens is 172 g/mol. The van der Waals surface area contributed by atoms with Gasteiger partial charge in [-0.3, -0.25) is 4.90 Å². The summed E-state index contributed by atoms with van der Waals surface area (Å²) in [5, 5.41) is 3.46. The molecule has 14 heavy (non-hydrogen) atoms. The van der Waals surface area contributed by atoms with Crippen molar-refractivity contribution in [1.82, 2.24) is 10.2 Å². The molecule has 1 rings (SSSR count). The third kappa shape index (κ3) is 2.48. The van der Waals surface area contributed by atoms with Gasteiger partial charge in [0.15, 0.2) is 0 Å². The lowest BCUT2D eigenvalue weighted by molar-refractivity contribution is 0.0636. The van der Waals surface area contributed by atoms with E-state index in [1.165, 1.54) is 25.9 Å². The van der Waals surface area contributed by atoms with Gasteiger partial charge in [-0.2, -0.15) is 0 Å². The first-order chi connectivity index (χ1) is 6.51. The number of hydrogen-bond acceptors (Lipinski definition) is 2. The van der Waals surface area contributed by atoms with E-state index < -0.39 is 0 Å². The Kier molecular flexibility index (Phi) is 3.96. The van der Waals surface area contributed by atoms with Gasteiger partial charge < -0.3 is 5.32 Å². The lowest BCUT2D eigenvalue weighted by Gasteiger charge is -2.45. The van der Waals surface area contributed by atoms with Crippen molar-refractivity contribution >= 4 is 0 Å². The standard InChI is InChI=1S/C12H26N2/c1-6-10(2)14-8-7-12(3,4)11(9-14)13-5/h10-11,13H,6-9H2,1-5H3. The highest BCUT2D eigenvalue weighted by atomic mass is 15.2. The van der Waals surface area contributed by atoms with Crippen LogP contribution in [0.5, 0.6) is 0 Å². The molecule has 1 saturated heterocycles. The summed E-state index contributed by atoms with van der Waals surface area (Å²) in [4.78, 5) is 2.62. The molecule has 0 aliphatic carbocycles. The number of rotatable bonds is 3. The monoisotopic (exact) mass is 198 g/mol. The van der Waals surface area contributed by atoms with Crippen LogP contribution in [0.15, 0.2) is 0 Å². The molecule has 0 saturated carbocycles. The van der Waals surface area contributed by atoms with Crippen molar-refractivity contribution in [3.05, 3.63) is 0 Å². The molecule has 0 aromatic heterocycles. The Morgan fingerprint density at radius 2 is 2.14 bits per heavy atom. The van der Waals surface area contributed by atoms with Gasteiger partial charge in [0.25, 0.3) is 0 Å². The molecule has 0 bridgehead atoms. The van der Waals surface area contributed by atoms with Crippen LogP contribution in [-0.2, 0) is 0 Å². The second-order valence-corrected chi connectivity index (χ2v) is 5.33. The van der Waals surface area contributed by atoms with E-state index in [4.69, 9.17) is 0 Å². The van der Waals surface area contributed by atoms with Gasteiger partial charge in [-0.05, 0) is 38.8 Å². The molecule has 84 valence electrons. The quantitative estimate of drug-likeness (QED) is 0.747. The van der Waals surface area contributed by atoms with Crippen molar-refractivity contribution in [2.24, 2.45) is 5.41 Å². The first-order valence-electron chi connectivity index (χ1n) is 5.92. The average molecular weight is 198 g/mol. The fourth-order valence-electron chi connectivity index (χ4n) is 2.32. The zero-order valence-corrected chi connectivity index (χ0v) is 10.4. The van der Waals surface area contributed by atoms with Crippen molar-refractivity contribution in [1.29, 1.82) is 0 Å². The van der Waals surface area contributed by atoms with Crippen LogP contribution in [0.3, 0.4) is 0 Å². The highest BCUT2D eigenvalue weighted by Gasteiger charge is 2.35. The Labute approximate surface area is 89.1 Å². The molecular formula is C12H26N2. The third-order valence-corrected chi connectivity index (χ3v) is 3.97. The van der Waals surface area contributed by atoms with Gasteiger partial charge in [-0.25, -0.2) is 0 Å². The van der Waals surface area contributed by atoms with E-state index in [1.807, 2.05) is 0 Å². The molecule has 1 aliphatic heterocycles. The average Bonchev–Trinajstić information content (AvgIpc) is 2.16. The van der Waals surface area contributed by atoms with Crippen molar-refractivity contribution in [3.8, 4) is 0 Å². The summed E-state index contributed by atoms with van der Waals surface area (Å²) in [6.45, 7) is 11.8. The van der Waals surface area contributed by atoms with Gasteiger partial charge in [-0.1, -0.05) is 20.8 Å². The van der Waals surface area contributed by atoms with E-state index >= 15 is 0 Å². The van der Waals surface area contributed by atoms with E-state index in [-0.39, 0.29) is 0 Å². The summed E-state index contributed by atoms with van der Waals surface area (Å²) in [5.41, 5.74) is 0.457. The summed E-state index contributed by atoms with van der Waals surface area (Å²) in [6, 6.07) is 1.38. The van der Waals surface area contributed by atoms with Gasteiger partial charge in [-0.15, -0.1) is 0 Å². The Bertz CT molecular complexity index is 177. The van der Waals surface area contributed by atoms with Crippen molar-refractivity contribution in [3.63, 3.8) is 0 Å². The molecule has 0 amide bonds. The predicted molar refractivity (Wildman–Crippen MR) is 62.6 cm³/mol. The maximum Gasteiger partial charge on any atom is 0.0243 e. The second kappa shape index (κ2) is 4.63. The Balaban J connectivity index is 2.57. The Morgan fingerprint density at radius 3 is 2.64 bits per heavy atom. The molecule has 2 heteroatoms. The maximum absolute atomic E-state index is 3.46. The van der Waals surface area contributed by atoms with Gasteiger partial charge in [0, 0.05) is 18.6 Å². The van der Waals surface area contributed by atoms with Crippen LogP contribution in [-0.4, -0.2) is 37.1 Å². The van der Waals surface area contributed by atoms with Crippen LogP contribution < -0.4 is 5.32 Å². The lowest BCUT2D eigenvalue weighted by Crippen LogP contribution is -2.55. The van der Waals surface area contributed by atoms with E-state index in [1.54, 1.807) is 0 Å². The molecule has 0 spiro atoms. The minimum atomic E-state index is 0.457. The maximum atomic E-state index is 3.46. The van der Waals surface area contributed by atoms with E-state index in [0.29, 0.717) is 11.5 Å².